The maximum atomic E-state index is 2.89. The molecule has 0 spiro atoms. The molecule has 0 amide bonds. The zero-order valence-corrected chi connectivity index (χ0v) is 52.9. The van der Waals surface area contributed by atoms with Crippen molar-refractivity contribution in [3.05, 3.63) is 12.4 Å². The number of piperazine rings is 1. The predicted octanol–water partition coefficient (Wildman–Crippen LogP) is 21.6. The summed E-state index contributed by atoms with van der Waals surface area (Å²) in [5.74, 6) is 0. The van der Waals surface area contributed by atoms with Crippen molar-refractivity contribution in [2.45, 2.75) is 356 Å². The van der Waals surface area contributed by atoms with E-state index in [0.29, 0.717) is 0 Å². The smallest absolute Gasteiger partial charge is 0.0301 e. The molecule has 0 aromatic heterocycles. The molecule has 0 bridgehead atoms. The van der Waals surface area contributed by atoms with Gasteiger partial charge in [-0.3, -0.25) is 4.90 Å². The molecule has 1 aliphatic heterocycles. The third kappa shape index (κ3) is 52.4. The molecule has 1 heterocycles. The molecule has 0 unspecified atom stereocenters. The quantitative estimate of drug-likeness (QED) is 0.0563. The van der Waals surface area contributed by atoms with E-state index in [1.165, 1.54) is 406 Å². The van der Waals surface area contributed by atoms with E-state index in [4.69, 9.17) is 0 Å². The first-order valence-corrected chi connectivity index (χ1v) is 35.5. The number of hydrogen-bond acceptors (Lipinski definition) is 5. The van der Waals surface area contributed by atoms with E-state index in [-0.39, 0.29) is 0 Å². The van der Waals surface area contributed by atoms with Crippen LogP contribution in [-0.4, -0.2) is 110 Å². The lowest BCUT2D eigenvalue weighted by Crippen LogP contribution is -2.47. The summed E-state index contributed by atoms with van der Waals surface area (Å²) in [5.41, 5.74) is 0. The topological polar surface area (TPSA) is 16.2 Å². The third-order valence-corrected chi connectivity index (χ3v) is 17.4. The standard InChI is InChI=1S/C70H143N5/c1-6-11-16-21-26-31-36-41-46-51-56-71(57-52-47-42-37-32-27-22-17-12-7-2)61-63-73(60-55-50-45-40-35-30-25-20-15-10-5)64-66-75-69-67-74(68-70-75)65-62-72(58-53-48-43-38-33-28-23-18-13-8-3)59-54-49-44-39-34-29-24-19-14-9-4/h64,66H,6-63,65,67-70H2,1-5H3/b66-64+. The van der Waals surface area contributed by atoms with Gasteiger partial charge < -0.3 is 19.6 Å². The molecule has 1 aliphatic rings. The molecule has 1 saturated heterocycles. The Morgan fingerprint density at radius 3 is 0.760 bits per heavy atom. The van der Waals surface area contributed by atoms with E-state index < -0.39 is 0 Å². The van der Waals surface area contributed by atoms with Gasteiger partial charge in [-0.2, -0.15) is 0 Å². The average Bonchev–Trinajstić information content (AvgIpc) is 3.42. The van der Waals surface area contributed by atoms with Gasteiger partial charge in [-0.15, -0.1) is 0 Å². The highest BCUT2D eigenvalue weighted by atomic mass is 15.3. The van der Waals surface area contributed by atoms with Crippen molar-refractivity contribution < 1.29 is 0 Å². The summed E-state index contributed by atoms with van der Waals surface area (Å²) >= 11 is 0. The van der Waals surface area contributed by atoms with Gasteiger partial charge in [0.05, 0.1) is 0 Å². The van der Waals surface area contributed by atoms with E-state index in [2.05, 4.69) is 71.5 Å². The molecule has 0 aliphatic carbocycles. The van der Waals surface area contributed by atoms with Gasteiger partial charge in [-0.25, -0.2) is 0 Å². The van der Waals surface area contributed by atoms with Crippen LogP contribution in [0, 0.1) is 0 Å². The Morgan fingerprint density at radius 1 is 0.240 bits per heavy atom. The van der Waals surface area contributed by atoms with Crippen molar-refractivity contribution >= 4 is 0 Å². The minimum atomic E-state index is 1.18. The van der Waals surface area contributed by atoms with Crippen LogP contribution in [0.4, 0.5) is 0 Å². The van der Waals surface area contributed by atoms with Crippen LogP contribution in [0.5, 0.6) is 0 Å². The van der Waals surface area contributed by atoms with Crippen LogP contribution in [0.25, 0.3) is 0 Å². The van der Waals surface area contributed by atoms with Crippen LogP contribution in [-0.2, 0) is 0 Å². The minimum absolute atomic E-state index is 1.18. The lowest BCUT2D eigenvalue weighted by Gasteiger charge is -2.36. The van der Waals surface area contributed by atoms with E-state index in [1.807, 2.05) is 0 Å². The Balaban J connectivity index is 2.77. The molecule has 0 aromatic rings. The SMILES string of the molecule is CCCCCCCCCCCCN(/C=C/N1CCN(CCN(CCCCCCCCCCCC)CCCCCCCCCCCC)CC1)CCN(CCCCCCCCCCCC)CCCCCCCCCCCC. The first kappa shape index (κ1) is 72.2. The summed E-state index contributed by atoms with van der Waals surface area (Å²) in [6.45, 7) is 27.9. The highest BCUT2D eigenvalue weighted by molar-refractivity contribution is 4.87. The van der Waals surface area contributed by atoms with Gasteiger partial charge in [-0.1, -0.05) is 324 Å². The van der Waals surface area contributed by atoms with Crippen molar-refractivity contribution in [2.75, 3.05) is 85.1 Å². The molecule has 448 valence electrons. The average molecular weight is 1050 g/mol. The summed E-state index contributed by atoms with van der Waals surface area (Å²) in [7, 11) is 0. The molecule has 0 radical (unpaired) electrons. The van der Waals surface area contributed by atoms with Crippen LogP contribution in [0.1, 0.15) is 356 Å². The fourth-order valence-electron chi connectivity index (χ4n) is 11.9. The van der Waals surface area contributed by atoms with Crippen molar-refractivity contribution in [3.63, 3.8) is 0 Å². The summed E-state index contributed by atoms with van der Waals surface area (Å²) in [5, 5.41) is 0. The Labute approximate surface area is 475 Å². The van der Waals surface area contributed by atoms with Gasteiger partial charge in [0.15, 0.2) is 0 Å². The number of rotatable bonds is 63. The highest BCUT2D eigenvalue weighted by Crippen LogP contribution is 2.17. The van der Waals surface area contributed by atoms with Crippen LogP contribution in [0.2, 0.25) is 0 Å². The molecule has 1 fully saturated rings. The molecule has 5 heteroatoms. The van der Waals surface area contributed by atoms with Crippen molar-refractivity contribution in [1.29, 1.82) is 0 Å². The lowest BCUT2D eigenvalue weighted by atomic mass is 10.1. The summed E-state index contributed by atoms with van der Waals surface area (Å²) in [6, 6.07) is 0. The number of nitrogens with zero attached hydrogens (tertiary/aromatic N) is 5. The Kier molecular flexibility index (Phi) is 58.6. The highest BCUT2D eigenvalue weighted by Gasteiger charge is 2.17. The molecule has 0 atom stereocenters. The first-order valence-electron chi connectivity index (χ1n) is 35.5. The van der Waals surface area contributed by atoms with Crippen LogP contribution >= 0.6 is 0 Å². The Morgan fingerprint density at radius 2 is 0.480 bits per heavy atom. The van der Waals surface area contributed by atoms with Crippen LogP contribution in [0.15, 0.2) is 12.4 Å². The summed E-state index contributed by atoms with van der Waals surface area (Å²) in [6.07, 6.45) is 76.6. The summed E-state index contributed by atoms with van der Waals surface area (Å²) in [4.78, 5) is 14.0. The molecule has 5 nitrogen and oxygen atoms in total. The third-order valence-electron chi connectivity index (χ3n) is 17.4. The van der Waals surface area contributed by atoms with Gasteiger partial charge in [0, 0.05) is 71.3 Å². The molecule has 1 rings (SSSR count). The Bertz CT molecular complexity index is 1020. The molecule has 0 saturated carbocycles. The van der Waals surface area contributed by atoms with E-state index >= 15 is 0 Å². The first-order chi connectivity index (χ1) is 37.2. The zero-order chi connectivity index (χ0) is 53.8. The fourth-order valence-corrected chi connectivity index (χ4v) is 11.9. The largest absolute Gasteiger partial charge is 0.375 e. The minimum Gasteiger partial charge on any atom is -0.375 e. The van der Waals surface area contributed by atoms with Crippen LogP contribution < -0.4 is 0 Å². The Hall–Kier alpha value is -0.780. The van der Waals surface area contributed by atoms with E-state index in [1.54, 1.807) is 0 Å². The molecule has 0 N–H and O–H groups in total. The van der Waals surface area contributed by atoms with E-state index in [9.17, 15) is 0 Å². The van der Waals surface area contributed by atoms with Gasteiger partial charge in [0.1, 0.15) is 0 Å². The fraction of sp³-hybridized carbons (Fsp3) is 0.971. The van der Waals surface area contributed by atoms with Gasteiger partial charge in [-0.05, 0) is 58.3 Å². The zero-order valence-electron chi connectivity index (χ0n) is 52.9. The van der Waals surface area contributed by atoms with Crippen molar-refractivity contribution in [3.8, 4) is 0 Å². The number of unbranched alkanes of at least 4 members (excludes halogenated alkanes) is 45. The van der Waals surface area contributed by atoms with Gasteiger partial charge >= 0.3 is 0 Å². The van der Waals surface area contributed by atoms with Gasteiger partial charge in [0.25, 0.3) is 0 Å². The van der Waals surface area contributed by atoms with E-state index in [0.717, 1.165) is 0 Å². The monoisotopic (exact) mass is 1050 g/mol. The maximum Gasteiger partial charge on any atom is 0.0301 e. The summed E-state index contributed by atoms with van der Waals surface area (Å²) < 4.78 is 0. The second-order valence-electron chi connectivity index (χ2n) is 24.8. The normalized spacial score (nSPS) is 13.5. The number of hydrogen-bond donors (Lipinski definition) is 0. The van der Waals surface area contributed by atoms with Crippen LogP contribution in [0.3, 0.4) is 0 Å². The molecule has 0 aromatic carbocycles. The van der Waals surface area contributed by atoms with Gasteiger partial charge in [0.2, 0.25) is 0 Å². The second-order valence-corrected chi connectivity index (χ2v) is 24.8. The molecular formula is C70H143N5. The lowest BCUT2D eigenvalue weighted by molar-refractivity contribution is 0.142. The predicted molar refractivity (Wildman–Crippen MR) is 341 cm³/mol. The maximum absolute atomic E-state index is 2.89. The van der Waals surface area contributed by atoms with Crippen molar-refractivity contribution in [1.82, 2.24) is 24.5 Å². The second kappa shape index (κ2) is 60.9. The molecular weight excluding hydrogens is 911 g/mol. The molecule has 75 heavy (non-hydrogen) atoms. The van der Waals surface area contributed by atoms with Crippen molar-refractivity contribution in [2.24, 2.45) is 0 Å².